The fourth-order valence-corrected chi connectivity index (χ4v) is 7.41. The minimum absolute atomic E-state index is 0.975. The van der Waals surface area contributed by atoms with Crippen molar-refractivity contribution < 1.29 is 0 Å². The van der Waals surface area contributed by atoms with Gasteiger partial charge in [0.1, 0.15) is 0 Å². The molecule has 0 unspecified atom stereocenters. The van der Waals surface area contributed by atoms with E-state index in [1.54, 1.807) is 0 Å². The van der Waals surface area contributed by atoms with Crippen LogP contribution in [-0.2, 0) is 0 Å². The molecular weight excluding hydrogens is 591 g/mol. The van der Waals surface area contributed by atoms with Crippen LogP contribution in [0.3, 0.4) is 0 Å². The number of fused-ring (bicyclic) bond motifs is 3. The number of aromatic nitrogens is 1. The van der Waals surface area contributed by atoms with Gasteiger partial charge in [-0.2, -0.15) is 0 Å². The van der Waals surface area contributed by atoms with Gasteiger partial charge in [-0.15, -0.1) is 0 Å². The van der Waals surface area contributed by atoms with E-state index in [0.717, 1.165) is 33.3 Å². The molecule has 0 aliphatic rings. The molecule has 9 rings (SSSR count). The summed E-state index contributed by atoms with van der Waals surface area (Å²) in [6.45, 7) is 2.12. The number of benzene rings is 8. The molecular formula is C48H33N. The highest BCUT2D eigenvalue weighted by atomic mass is 14.7. The molecule has 1 nitrogen and oxygen atoms in total. The van der Waals surface area contributed by atoms with Crippen molar-refractivity contribution in [3.05, 3.63) is 188 Å². The standard InChI is InChI=1S/C48H33N/c1-32-26-28-34(29-27-32)45-31-44(33-14-4-2-5-15-33)43-25-13-24-38(48(43)49-45)36-18-12-19-37(30-36)47-41-22-10-8-20-39(41)46(35-16-6-3-7-17-35)40-21-9-11-23-42(40)47/h2-31H,1H3. The molecule has 0 radical (unpaired) electrons. The van der Waals surface area contributed by atoms with E-state index in [0.29, 0.717) is 0 Å². The third kappa shape index (κ3) is 5.08. The number of hydrogen-bond donors (Lipinski definition) is 0. The van der Waals surface area contributed by atoms with Crippen LogP contribution in [-0.4, -0.2) is 4.98 Å². The molecule has 0 saturated heterocycles. The zero-order chi connectivity index (χ0) is 32.7. The van der Waals surface area contributed by atoms with E-state index in [4.69, 9.17) is 4.98 Å². The molecule has 0 atom stereocenters. The van der Waals surface area contributed by atoms with E-state index in [1.807, 2.05) is 0 Å². The monoisotopic (exact) mass is 623 g/mol. The van der Waals surface area contributed by atoms with Crippen LogP contribution >= 0.6 is 0 Å². The number of aryl methyl sites for hydroxylation is 1. The smallest absolute Gasteiger partial charge is 0.0794 e. The number of hydrogen-bond acceptors (Lipinski definition) is 1. The van der Waals surface area contributed by atoms with Gasteiger partial charge in [-0.3, -0.25) is 0 Å². The summed E-state index contributed by atoms with van der Waals surface area (Å²) in [5.41, 5.74) is 13.9. The summed E-state index contributed by atoms with van der Waals surface area (Å²) >= 11 is 0. The molecule has 0 aliphatic heterocycles. The van der Waals surface area contributed by atoms with Crippen LogP contribution in [0.25, 0.3) is 88.2 Å². The first-order valence-electron chi connectivity index (χ1n) is 16.9. The van der Waals surface area contributed by atoms with Crippen LogP contribution in [0.5, 0.6) is 0 Å². The lowest BCUT2D eigenvalue weighted by Crippen LogP contribution is -1.93. The summed E-state index contributed by atoms with van der Waals surface area (Å²) in [5.74, 6) is 0. The Hall–Kier alpha value is -6.31. The Morgan fingerprint density at radius 2 is 0.816 bits per heavy atom. The predicted molar refractivity (Wildman–Crippen MR) is 209 cm³/mol. The summed E-state index contributed by atoms with van der Waals surface area (Å²) in [6, 6.07) is 65.7. The Labute approximate surface area is 286 Å². The summed E-state index contributed by atoms with van der Waals surface area (Å²) in [7, 11) is 0. The summed E-state index contributed by atoms with van der Waals surface area (Å²) in [4.78, 5) is 5.39. The zero-order valence-corrected chi connectivity index (χ0v) is 27.3. The van der Waals surface area contributed by atoms with Crippen molar-refractivity contribution in [3.63, 3.8) is 0 Å². The highest BCUT2D eigenvalue weighted by molar-refractivity contribution is 6.21. The minimum atomic E-state index is 0.975. The Morgan fingerprint density at radius 1 is 0.327 bits per heavy atom. The van der Waals surface area contributed by atoms with Crippen LogP contribution in [0.1, 0.15) is 5.56 Å². The molecule has 0 bridgehead atoms. The molecule has 9 aromatic rings. The summed E-state index contributed by atoms with van der Waals surface area (Å²) < 4.78 is 0. The van der Waals surface area contributed by atoms with Gasteiger partial charge in [-0.05, 0) is 79.5 Å². The first-order chi connectivity index (χ1) is 24.2. The molecule has 0 aliphatic carbocycles. The van der Waals surface area contributed by atoms with E-state index in [2.05, 4.69) is 189 Å². The van der Waals surface area contributed by atoms with Crippen LogP contribution in [0.2, 0.25) is 0 Å². The quantitative estimate of drug-likeness (QED) is 0.174. The van der Waals surface area contributed by atoms with E-state index >= 15 is 0 Å². The highest BCUT2D eigenvalue weighted by Crippen LogP contribution is 2.45. The first kappa shape index (κ1) is 28.9. The lowest BCUT2D eigenvalue weighted by Gasteiger charge is -2.18. The van der Waals surface area contributed by atoms with Crippen molar-refractivity contribution in [2.75, 3.05) is 0 Å². The number of rotatable bonds is 5. The molecule has 8 aromatic carbocycles. The van der Waals surface area contributed by atoms with Gasteiger partial charge in [0.25, 0.3) is 0 Å². The van der Waals surface area contributed by atoms with Crippen molar-refractivity contribution in [1.82, 2.24) is 4.98 Å². The van der Waals surface area contributed by atoms with E-state index in [-0.39, 0.29) is 0 Å². The van der Waals surface area contributed by atoms with Gasteiger partial charge in [-0.25, -0.2) is 4.98 Å². The third-order valence-corrected chi connectivity index (χ3v) is 9.73. The molecule has 230 valence electrons. The Morgan fingerprint density at radius 3 is 1.45 bits per heavy atom. The van der Waals surface area contributed by atoms with Gasteiger partial charge >= 0.3 is 0 Å². The van der Waals surface area contributed by atoms with E-state index < -0.39 is 0 Å². The molecule has 1 heterocycles. The van der Waals surface area contributed by atoms with Gasteiger partial charge in [0, 0.05) is 16.5 Å². The van der Waals surface area contributed by atoms with E-state index in [1.165, 1.54) is 60.5 Å². The van der Waals surface area contributed by atoms with Gasteiger partial charge in [0.15, 0.2) is 0 Å². The maximum atomic E-state index is 5.39. The molecule has 49 heavy (non-hydrogen) atoms. The average molecular weight is 624 g/mol. The molecule has 1 aromatic heterocycles. The molecule has 0 amide bonds. The third-order valence-electron chi connectivity index (χ3n) is 9.73. The van der Waals surface area contributed by atoms with Crippen molar-refractivity contribution >= 4 is 32.4 Å². The maximum Gasteiger partial charge on any atom is 0.0794 e. The zero-order valence-electron chi connectivity index (χ0n) is 27.3. The van der Waals surface area contributed by atoms with Gasteiger partial charge < -0.3 is 0 Å². The fourth-order valence-electron chi connectivity index (χ4n) is 7.41. The molecule has 1 heteroatoms. The number of nitrogens with zero attached hydrogens (tertiary/aromatic N) is 1. The first-order valence-corrected chi connectivity index (χ1v) is 16.9. The van der Waals surface area contributed by atoms with Crippen molar-refractivity contribution in [1.29, 1.82) is 0 Å². The molecule has 0 saturated carbocycles. The SMILES string of the molecule is Cc1ccc(-c2cc(-c3ccccc3)c3cccc(-c4cccc(-c5c6ccccc6c(-c6ccccc6)c6ccccc56)c4)c3n2)cc1. The van der Waals surface area contributed by atoms with Crippen molar-refractivity contribution in [3.8, 4) is 55.8 Å². The van der Waals surface area contributed by atoms with Crippen LogP contribution in [0.4, 0.5) is 0 Å². The van der Waals surface area contributed by atoms with Crippen molar-refractivity contribution in [2.24, 2.45) is 0 Å². The Bertz CT molecular complexity index is 2580. The number of para-hydroxylation sites is 1. The molecule has 0 N–H and O–H groups in total. The lowest BCUT2D eigenvalue weighted by molar-refractivity contribution is 1.38. The second kappa shape index (κ2) is 12.0. The van der Waals surface area contributed by atoms with Crippen molar-refractivity contribution in [2.45, 2.75) is 6.92 Å². The van der Waals surface area contributed by atoms with Gasteiger partial charge in [-0.1, -0.05) is 175 Å². The highest BCUT2D eigenvalue weighted by Gasteiger charge is 2.18. The fraction of sp³-hybridized carbons (Fsp3) is 0.0208. The largest absolute Gasteiger partial charge is 0.247 e. The second-order valence-electron chi connectivity index (χ2n) is 12.8. The molecule has 0 spiro atoms. The summed E-state index contributed by atoms with van der Waals surface area (Å²) in [6.07, 6.45) is 0. The average Bonchev–Trinajstić information content (AvgIpc) is 3.17. The normalized spacial score (nSPS) is 11.4. The van der Waals surface area contributed by atoms with Gasteiger partial charge in [0.2, 0.25) is 0 Å². The topological polar surface area (TPSA) is 12.9 Å². The maximum absolute atomic E-state index is 5.39. The number of pyridine rings is 1. The van der Waals surface area contributed by atoms with Crippen LogP contribution < -0.4 is 0 Å². The molecule has 0 fully saturated rings. The van der Waals surface area contributed by atoms with Crippen LogP contribution in [0, 0.1) is 6.92 Å². The minimum Gasteiger partial charge on any atom is -0.247 e. The van der Waals surface area contributed by atoms with E-state index in [9.17, 15) is 0 Å². The predicted octanol–water partition coefficient (Wildman–Crippen LogP) is 13.2. The van der Waals surface area contributed by atoms with Crippen LogP contribution in [0.15, 0.2) is 182 Å². The lowest BCUT2D eigenvalue weighted by atomic mass is 9.85. The second-order valence-corrected chi connectivity index (χ2v) is 12.8. The van der Waals surface area contributed by atoms with Gasteiger partial charge in [0.05, 0.1) is 11.2 Å². The Balaban J connectivity index is 1.29. The Kier molecular flexibility index (Phi) is 7.10. The summed E-state index contributed by atoms with van der Waals surface area (Å²) in [5, 5.41) is 6.17.